The molecule has 0 radical (unpaired) electrons. The first-order valence-electron chi connectivity index (χ1n) is 6.56. The van der Waals surface area contributed by atoms with Gasteiger partial charge in [-0.1, -0.05) is 13.3 Å². The number of amides is 1. The summed E-state index contributed by atoms with van der Waals surface area (Å²) in [5.41, 5.74) is 0.838. The van der Waals surface area contributed by atoms with E-state index < -0.39 is 17.8 Å². The molecule has 0 aromatic carbocycles. The lowest BCUT2D eigenvalue weighted by molar-refractivity contribution is -0.145. The number of aromatic amines is 1. The first-order valence-corrected chi connectivity index (χ1v) is 6.56. The maximum Gasteiger partial charge on any atom is 0.307 e. The highest BCUT2D eigenvalue weighted by Crippen LogP contribution is 2.39. The molecule has 1 aliphatic carbocycles. The highest BCUT2D eigenvalue weighted by molar-refractivity contribution is 5.95. The minimum absolute atomic E-state index is 0.226. The van der Waals surface area contributed by atoms with Crippen LogP contribution in [0.3, 0.4) is 0 Å². The Morgan fingerprint density at radius 1 is 1.47 bits per heavy atom. The predicted molar refractivity (Wildman–Crippen MR) is 69.6 cm³/mol. The van der Waals surface area contributed by atoms with Crippen LogP contribution in [0.4, 0.5) is 5.82 Å². The lowest BCUT2D eigenvalue weighted by Crippen LogP contribution is -2.30. The number of hydrogen-bond acceptors (Lipinski definition) is 3. The molecule has 0 saturated heterocycles. The molecule has 3 atom stereocenters. The summed E-state index contributed by atoms with van der Waals surface area (Å²) in [6, 6.07) is 0. The van der Waals surface area contributed by atoms with Gasteiger partial charge in [-0.25, -0.2) is 0 Å². The van der Waals surface area contributed by atoms with Gasteiger partial charge in [0.2, 0.25) is 5.91 Å². The molecule has 1 amide bonds. The highest BCUT2D eigenvalue weighted by atomic mass is 16.4. The number of aryl methyl sites for hydroxylation is 1. The molecule has 0 aliphatic heterocycles. The fraction of sp³-hybridized carbons (Fsp3) is 0.615. The van der Waals surface area contributed by atoms with E-state index in [-0.39, 0.29) is 5.91 Å². The van der Waals surface area contributed by atoms with E-state index in [1.807, 2.05) is 13.8 Å². The lowest BCUT2D eigenvalue weighted by atomic mass is 9.95. The summed E-state index contributed by atoms with van der Waals surface area (Å²) in [7, 11) is 0. The lowest BCUT2D eigenvalue weighted by Gasteiger charge is -2.15. The van der Waals surface area contributed by atoms with E-state index in [0.717, 1.165) is 12.0 Å². The number of carbonyl (C=O) groups is 2. The Balaban J connectivity index is 2.09. The number of nitrogens with zero attached hydrogens (tertiary/aromatic N) is 1. The summed E-state index contributed by atoms with van der Waals surface area (Å²) in [4.78, 5) is 23.5. The van der Waals surface area contributed by atoms with Crippen LogP contribution in [-0.4, -0.2) is 27.2 Å². The zero-order valence-corrected chi connectivity index (χ0v) is 11.1. The van der Waals surface area contributed by atoms with Gasteiger partial charge >= 0.3 is 5.97 Å². The van der Waals surface area contributed by atoms with Gasteiger partial charge in [0.25, 0.3) is 0 Å². The monoisotopic (exact) mass is 265 g/mol. The molecule has 6 nitrogen and oxygen atoms in total. The average molecular weight is 265 g/mol. The topological polar surface area (TPSA) is 95.1 Å². The molecule has 1 heterocycles. The number of nitrogens with one attached hydrogen (secondary N) is 2. The van der Waals surface area contributed by atoms with Crippen molar-refractivity contribution in [3.8, 4) is 0 Å². The standard InChI is InChI=1S/C13H19N3O3/c1-3-8-4-9(10(5-8)13(18)19)12(17)15-11-7(2)6-14-16-11/h6,8-10H,3-5H2,1-2H3,(H,18,19)(H2,14,15,16,17)/t8?,9-,10+/m0/s1. The molecule has 19 heavy (non-hydrogen) atoms. The van der Waals surface area contributed by atoms with Gasteiger partial charge in [0.1, 0.15) is 5.82 Å². The molecule has 2 rings (SSSR count). The number of carboxylic acids is 1. The van der Waals surface area contributed by atoms with Crippen molar-refractivity contribution in [2.75, 3.05) is 5.32 Å². The van der Waals surface area contributed by atoms with E-state index in [9.17, 15) is 14.7 Å². The van der Waals surface area contributed by atoms with Crippen LogP contribution in [0.5, 0.6) is 0 Å². The van der Waals surface area contributed by atoms with Crippen LogP contribution < -0.4 is 5.32 Å². The van der Waals surface area contributed by atoms with Crippen LogP contribution in [0.1, 0.15) is 31.7 Å². The molecule has 1 fully saturated rings. The van der Waals surface area contributed by atoms with Gasteiger partial charge in [-0.2, -0.15) is 5.10 Å². The van der Waals surface area contributed by atoms with Crippen molar-refractivity contribution >= 4 is 17.7 Å². The smallest absolute Gasteiger partial charge is 0.307 e. The summed E-state index contributed by atoms with van der Waals surface area (Å²) in [6.45, 7) is 3.86. The number of rotatable bonds is 4. The number of aromatic nitrogens is 2. The van der Waals surface area contributed by atoms with Crippen LogP contribution in [0.25, 0.3) is 0 Å². The molecule has 104 valence electrons. The maximum atomic E-state index is 12.2. The van der Waals surface area contributed by atoms with Gasteiger partial charge in [0.05, 0.1) is 18.0 Å². The molecular formula is C13H19N3O3. The van der Waals surface area contributed by atoms with Crippen LogP contribution in [0.2, 0.25) is 0 Å². The van der Waals surface area contributed by atoms with Crippen molar-refractivity contribution in [3.05, 3.63) is 11.8 Å². The third kappa shape index (κ3) is 2.77. The van der Waals surface area contributed by atoms with Crippen molar-refractivity contribution in [2.45, 2.75) is 33.1 Å². The molecule has 0 bridgehead atoms. The Morgan fingerprint density at radius 3 is 2.68 bits per heavy atom. The Bertz CT molecular complexity index is 483. The molecule has 1 unspecified atom stereocenters. The number of carbonyl (C=O) groups excluding carboxylic acids is 1. The molecule has 1 saturated carbocycles. The molecule has 1 aromatic heterocycles. The predicted octanol–water partition coefficient (Wildman–Crippen LogP) is 1.79. The normalized spacial score (nSPS) is 26.3. The number of anilines is 1. The highest BCUT2D eigenvalue weighted by Gasteiger charge is 2.42. The Labute approximate surface area is 111 Å². The van der Waals surface area contributed by atoms with E-state index in [1.165, 1.54) is 0 Å². The van der Waals surface area contributed by atoms with E-state index in [2.05, 4.69) is 15.5 Å². The number of carboxylic acid groups (broad SMARTS) is 1. The SMILES string of the molecule is CCC1C[C@H](C(=O)Nc2[nH]ncc2C)[C@H](C(=O)O)C1. The fourth-order valence-electron chi connectivity index (χ4n) is 2.73. The average Bonchev–Trinajstić information content (AvgIpc) is 2.96. The summed E-state index contributed by atoms with van der Waals surface area (Å²) in [5.74, 6) is -1.26. The third-order valence-electron chi connectivity index (χ3n) is 3.97. The van der Waals surface area contributed by atoms with Gasteiger partial charge in [-0.15, -0.1) is 0 Å². The van der Waals surface area contributed by atoms with Gasteiger partial charge in [-0.05, 0) is 25.7 Å². The fourth-order valence-corrected chi connectivity index (χ4v) is 2.73. The summed E-state index contributed by atoms with van der Waals surface area (Å²) < 4.78 is 0. The van der Waals surface area contributed by atoms with Gasteiger partial charge in [0, 0.05) is 5.56 Å². The van der Waals surface area contributed by atoms with Gasteiger partial charge in [0.15, 0.2) is 0 Å². The largest absolute Gasteiger partial charge is 0.481 e. The van der Waals surface area contributed by atoms with Gasteiger partial charge in [-0.3, -0.25) is 14.7 Å². The summed E-state index contributed by atoms with van der Waals surface area (Å²) >= 11 is 0. The van der Waals surface area contributed by atoms with Crippen molar-refractivity contribution < 1.29 is 14.7 Å². The zero-order valence-electron chi connectivity index (χ0n) is 11.1. The Kier molecular flexibility index (Phi) is 3.87. The number of hydrogen-bond donors (Lipinski definition) is 3. The second-order valence-electron chi connectivity index (χ2n) is 5.21. The van der Waals surface area contributed by atoms with Crippen LogP contribution >= 0.6 is 0 Å². The first kappa shape index (κ1) is 13.6. The first-order chi connectivity index (χ1) is 9.02. The van der Waals surface area contributed by atoms with Crippen molar-refractivity contribution in [3.63, 3.8) is 0 Å². The quantitative estimate of drug-likeness (QED) is 0.773. The number of aliphatic carboxylic acids is 1. The minimum atomic E-state index is -0.877. The van der Waals surface area contributed by atoms with E-state index >= 15 is 0 Å². The molecule has 1 aromatic rings. The summed E-state index contributed by atoms with van der Waals surface area (Å²) in [5, 5.41) is 18.5. The number of H-pyrrole nitrogens is 1. The molecule has 3 N–H and O–H groups in total. The van der Waals surface area contributed by atoms with Crippen molar-refractivity contribution in [1.29, 1.82) is 0 Å². The zero-order chi connectivity index (χ0) is 14.0. The molecule has 0 spiro atoms. The second-order valence-corrected chi connectivity index (χ2v) is 5.21. The van der Waals surface area contributed by atoms with Crippen molar-refractivity contribution in [2.24, 2.45) is 17.8 Å². The van der Waals surface area contributed by atoms with Crippen LogP contribution in [0, 0.1) is 24.7 Å². The van der Waals surface area contributed by atoms with Gasteiger partial charge < -0.3 is 10.4 Å². The van der Waals surface area contributed by atoms with E-state index in [1.54, 1.807) is 6.20 Å². The third-order valence-corrected chi connectivity index (χ3v) is 3.97. The van der Waals surface area contributed by atoms with Crippen molar-refractivity contribution in [1.82, 2.24) is 10.2 Å². The van der Waals surface area contributed by atoms with E-state index in [4.69, 9.17) is 0 Å². The van der Waals surface area contributed by atoms with Crippen LogP contribution in [0.15, 0.2) is 6.20 Å². The second kappa shape index (κ2) is 5.42. The Hall–Kier alpha value is -1.85. The minimum Gasteiger partial charge on any atom is -0.481 e. The summed E-state index contributed by atoms with van der Waals surface area (Å²) in [6.07, 6.45) is 3.77. The Morgan fingerprint density at radius 2 is 2.16 bits per heavy atom. The maximum absolute atomic E-state index is 12.2. The molecule has 1 aliphatic rings. The van der Waals surface area contributed by atoms with Crippen LogP contribution in [-0.2, 0) is 9.59 Å². The van der Waals surface area contributed by atoms with E-state index in [0.29, 0.717) is 24.6 Å². The molecular weight excluding hydrogens is 246 g/mol. The molecule has 6 heteroatoms.